The highest BCUT2D eigenvalue weighted by Gasteiger charge is 2.20. The van der Waals surface area contributed by atoms with Crippen LogP contribution >= 0.6 is 34.8 Å². The molecule has 1 atom stereocenters. The fraction of sp³-hybridized carbons (Fsp3) is 0.125. The summed E-state index contributed by atoms with van der Waals surface area (Å²) in [5, 5.41) is 15.1. The number of benzene rings is 3. The van der Waals surface area contributed by atoms with Crippen molar-refractivity contribution in [3.63, 3.8) is 0 Å². The lowest BCUT2D eigenvalue weighted by atomic mass is 10.1. The van der Waals surface area contributed by atoms with E-state index in [1.165, 1.54) is 12.4 Å². The van der Waals surface area contributed by atoms with Gasteiger partial charge in [0.05, 0.1) is 34.9 Å². The van der Waals surface area contributed by atoms with Gasteiger partial charge in [0.1, 0.15) is 10.0 Å². The number of anilines is 6. The number of fused-ring (bicyclic) bond motifs is 1. The van der Waals surface area contributed by atoms with Crippen LogP contribution in [0.25, 0.3) is 0 Å². The Bertz CT molecular complexity index is 1960. The van der Waals surface area contributed by atoms with Gasteiger partial charge in [-0.15, -0.1) is 0 Å². The van der Waals surface area contributed by atoms with Crippen molar-refractivity contribution in [1.82, 2.24) is 30.6 Å². The number of hydrogen-bond acceptors (Lipinski definition) is 11. The Hall–Kier alpha value is -5.37. The Morgan fingerprint density at radius 1 is 0.688 bits per heavy atom. The molecule has 3 heterocycles. The van der Waals surface area contributed by atoms with Gasteiger partial charge >= 0.3 is 0 Å². The Morgan fingerprint density at radius 2 is 1.23 bits per heavy atom. The molecule has 5 N–H and O–H groups in total. The van der Waals surface area contributed by atoms with Crippen LogP contribution in [0.4, 0.5) is 34.6 Å². The normalized spacial score (nSPS) is 12.7. The maximum Gasteiger partial charge on any atom is 0.253 e. The molecule has 0 spiro atoms. The quantitative estimate of drug-likeness (QED) is 0.106. The van der Waals surface area contributed by atoms with Gasteiger partial charge in [0.25, 0.3) is 11.8 Å². The van der Waals surface area contributed by atoms with Crippen molar-refractivity contribution >= 4 is 81.3 Å². The maximum atomic E-state index is 12.1. The number of halogens is 3. The monoisotopic (exact) mass is 707 g/mol. The van der Waals surface area contributed by atoms with E-state index in [9.17, 15) is 9.59 Å². The van der Waals surface area contributed by atoms with Crippen molar-refractivity contribution in [2.24, 2.45) is 0 Å². The van der Waals surface area contributed by atoms with Gasteiger partial charge in [-0.25, -0.2) is 9.97 Å². The van der Waals surface area contributed by atoms with Gasteiger partial charge in [0.15, 0.2) is 23.1 Å². The number of amides is 2. The molecule has 3 aromatic carbocycles. The van der Waals surface area contributed by atoms with Crippen molar-refractivity contribution in [2.45, 2.75) is 13.2 Å². The minimum atomic E-state index is -0.316. The second-order valence-electron chi connectivity index (χ2n) is 9.81. The predicted molar refractivity (Wildman–Crippen MR) is 186 cm³/mol. The largest absolute Gasteiger partial charge is 0.451 e. The molecule has 2 amide bonds. The number of ether oxygens (including phenoxy) is 2. The molecule has 1 aliphatic heterocycles. The molecule has 246 valence electrons. The minimum absolute atomic E-state index is 0.0734. The van der Waals surface area contributed by atoms with Crippen LogP contribution in [0.2, 0.25) is 15.3 Å². The first-order chi connectivity index (χ1) is 23.1. The van der Waals surface area contributed by atoms with E-state index in [1.807, 2.05) is 31.2 Å². The minimum Gasteiger partial charge on any atom is -0.451 e. The third-order valence-electron chi connectivity index (χ3n) is 6.55. The lowest BCUT2D eigenvalue weighted by Crippen LogP contribution is -2.19. The van der Waals surface area contributed by atoms with Crippen LogP contribution in [-0.2, 0) is 0 Å². The summed E-state index contributed by atoms with van der Waals surface area (Å²) >= 11 is 17.9. The van der Waals surface area contributed by atoms with E-state index in [2.05, 4.69) is 46.5 Å². The molecule has 5 aromatic rings. The van der Waals surface area contributed by atoms with E-state index in [0.717, 1.165) is 5.69 Å². The first kappa shape index (κ1) is 34.0. The molecule has 0 radical (unpaired) electrons. The average Bonchev–Trinajstić information content (AvgIpc) is 3.47. The third-order valence-corrected chi connectivity index (χ3v) is 7.28. The Kier molecular flexibility index (Phi) is 11.0. The van der Waals surface area contributed by atoms with E-state index in [4.69, 9.17) is 44.3 Å². The van der Waals surface area contributed by atoms with Crippen LogP contribution in [0.1, 0.15) is 27.6 Å². The van der Waals surface area contributed by atoms with E-state index in [1.54, 1.807) is 56.6 Å². The molecule has 2 aromatic heterocycles. The van der Waals surface area contributed by atoms with E-state index < -0.39 is 0 Å². The number of aromatic nitrogens is 4. The van der Waals surface area contributed by atoms with E-state index in [0.29, 0.717) is 61.6 Å². The highest BCUT2D eigenvalue weighted by atomic mass is 35.5. The van der Waals surface area contributed by atoms with Crippen LogP contribution in [0.3, 0.4) is 0 Å². The average molecular weight is 709 g/mol. The second-order valence-corrected chi connectivity index (χ2v) is 11.0. The van der Waals surface area contributed by atoms with Crippen molar-refractivity contribution < 1.29 is 19.1 Å². The summed E-state index contributed by atoms with van der Waals surface area (Å²) in [6.07, 6.45) is 2.56. The molecule has 0 fully saturated rings. The summed E-state index contributed by atoms with van der Waals surface area (Å²) < 4.78 is 11.1. The van der Waals surface area contributed by atoms with Crippen molar-refractivity contribution in [3.05, 3.63) is 106 Å². The second kappa shape index (κ2) is 15.5. The highest BCUT2D eigenvalue weighted by Crippen LogP contribution is 2.37. The summed E-state index contributed by atoms with van der Waals surface area (Å²) in [5.74, 6) is 1.96. The topological polar surface area (TPSA) is 164 Å². The molecule has 0 aliphatic carbocycles. The van der Waals surface area contributed by atoms with Gasteiger partial charge in [-0.2, -0.15) is 9.97 Å². The maximum absolute atomic E-state index is 12.1. The predicted octanol–water partition coefficient (Wildman–Crippen LogP) is 6.98. The summed E-state index contributed by atoms with van der Waals surface area (Å²) in [6.45, 7) is 1.82. The van der Waals surface area contributed by atoms with Crippen molar-refractivity contribution in [3.8, 4) is 11.5 Å². The standard InChI is InChI=1S/C20H18ClN5O3.C12H10Cl2N4O/c1-11-28-16-8-7-12(9-17(16)29-11)24-20-23-10-14(21)18(26-20)25-15-6-4-3-5-13(15)19(27)22-2;1-15-11(19)7-4-2-3-5-9(7)17-10-8(13)6-16-12(14)18-10/h3-11H,1-2H3,(H,22,27)(H2,23,24,25,26);2-6H,1H3,(H,15,19)(H,16,17,18). The Morgan fingerprint density at radius 3 is 1.83 bits per heavy atom. The molecule has 1 aliphatic rings. The van der Waals surface area contributed by atoms with Gasteiger partial charge in [-0.1, -0.05) is 47.5 Å². The number of carbonyl (C=O) groups excluding carboxylic acids is 2. The van der Waals surface area contributed by atoms with Crippen LogP contribution in [-0.4, -0.2) is 52.1 Å². The lowest BCUT2D eigenvalue weighted by molar-refractivity contribution is 0.0678. The number of nitrogens with one attached hydrogen (secondary N) is 5. The summed E-state index contributed by atoms with van der Waals surface area (Å²) in [5.41, 5.74) is 2.86. The van der Waals surface area contributed by atoms with Gasteiger partial charge in [0.2, 0.25) is 17.5 Å². The van der Waals surface area contributed by atoms with Crippen LogP contribution < -0.4 is 36.1 Å². The number of hydrogen-bond donors (Lipinski definition) is 5. The molecule has 16 heteroatoms. The van der Waals surface area contributed by atoms with Crippen LogP contribution in [0.5, 0.6) is 11.5 Å². The summed E-state index contributed by atoms with van der Waals surface area (Å²) in [4.78, 5) is 40.2. The first-order valence-electron chi connectivity index (χ1n) is 14.3. The van der Waals surface area contributed by atoms with Gasteiger partial charge in [-0.3, -0.25) is 9.59 Å². The molecule has 0 saturated carbocycles. The smallest absolute Gasteiger partial charge is 0.253 e. The Balaban J connectivity index is 0.000000206. The van der Waals surface area contributed by atoms with Crippen LogP contribution in [0.15, 0.2) is 79.1 Å². The zero-order valence-electron chi connectivity index (χ0n) is 25.6. The van der Waals surface area contributed by atoms with Gasteiger partial charge in [-0.05, 0) is 48.0 Å². The Labute approximate surface area is 290 Å². The molecule has 0 saturated heterocycles. The lowest BCUT2D eigenvalue weighted by Gasteiger charge is -2.13. The molecule has 0 bridgehead atoms. The zero-order valence-corrected chi connectivity index (χ0v) is 27.9. The zero-order chi connectivity index (χ0) is 34.2. The van der Waals surface area contributed by atoms with E-state index in [-0.39, 0.29) is 23.4 Å². The van der Waals surface area contributed by atoms with Crippen molar-refractivity contribution in [2.75, 3.05) is 30.0 Å². The van der Waals surface area contributed by atoms with E-state index >= 15 is 0 Å². The molecule has 13 nitrogen and oxygen atoms in total. The molecular formula is C32H28Cl3N9O4. The van der Waals surface area contributed by atoms with Gasteiger partial charge in [0, 0.05) is 32.8 Å². The summed E-state index contributed by atoms with van der Waals surface area (Å²) in [7, 11) is 3.14. The number of carbonyl (C=O) groups is 2. The number of rotatable bonds is 8. The third kappa shape index (κ3) is 8.31. The van der Waals surface area contributed by atoms with Gasteiger partial charge < -0.3 is 36.1 Å². The molecular weight excluding hydrogens is 681 g/mol. The fourth-order valence-corrected chi connectivity index (χ4v) is 4.75. The fourth-order valence-electron chi connectivity index (χ4n) is 4.34. The van der Waals surface area contributed by atoms with Crippen LogP contribution in [0, 0.1) is 0 Å². The summed E-state index contributed by atoms with van der Waals surface area (Å²) in [6, 6.07) is 19.6. The van der Waals surface area contributed by atoms with Crippen molar-refractivity contribution in [1.29, 1.82) is 0 Å². The highest BCUT2D eigenvalue weighted by molar-refractivity contribution is 6.34. The SMILES string of the molecule is CNC(=O)c1ccccc1Nc1nc(Cl)ncc1Cl.CNC(=O)c1ccccc1Nc1nc(Nc2ccc3c(c2)OC(C)O3)ncc1Cl. The molecule has 6 rings (SSSR count). The number of nitrogens with zero attached hydrogens (tertiary/aromatic N) is 4. The molecule has 1 unspecified atom stereocenters. The first-order valence-corrected chi connectivity index (χ1v) is 15.4. The molecule has 48 heavy (non-hydrogen) atoms. The number of para-hydroxylation sites is 2.